The van der Waals surface area contributed by atoms with Crippen molar-refractivity contribution in [2.24, 2.45) is 0 Å². The van der Waals surface area contributed by atoms with Crippen molar-refractivity contribution in [3.05, 3.63) is 65.2 Å². The van der Waals surface area contributed by atoms with Crippen LogP contribution in [0.2, 0.25) is 0 Å². The van der Waals surface area contributed by atoms with Gasteiger partial charge in [0.1, 0.15) is 5.75 Å². The smallest absolute Gasteiger partial charge is 0.310 e. The van der Waals surface area contributed by atoms with Crippen LogP contribution < -0.4 is 4.74 Å². The van der Waals surface area contributed by atoms with Crippen LogP contribution in [0, 0.1) is 6.92 Å². The maximum absolute atomic E-state index is 12.2. The predicted octanol–water partition coefficient (Wildman–Crippen LogP) is 3.36. The van der Waals surface area contributed by atoms with E-state index in [0.29, 0.717) is 5.56 Å². The molecule has 0 unspecified atom stereocenters. The van der Waals surface area contributed by atoms with Crippen molar-refractivity contribution in [2.45, 2.75) is 26.4 Å². The number of ether oxygens (including phenoxy) is 2. The molecule has 0 aromatic heterocycles. The molecule has 0 aliphatic carbocycles. The third-order valence-corrected chi connectivity index (χ3v) is 3.52. The number of Topliss-reactive ketones (excluding diaryl/α,β-unsaturated/α-hetero) is 1. The minimum Gasteiger partial charge on any atom is -0.497 e. The number of esters is 1. The summed E-state index contributed by atoms with van der Waals surface area (Å²) in [6.07, 6.45) is -0.682. The molecule has 0 fully saturated rings. The molecular formula is C19H20O4. The molecular weight excluding hydrogens is 292 g/mol. The second kappa shape index (κ2) is 7.58. The van der Waals surface area contributed by atoms with E-state index in [4.69, 9.17) is 9.47 Å². The summed E-state index contributed by atoms with van der Waals surface area (Å²) in [5, 5.41) is 0. The summed E-state index contributed by atoms with van der Waals surface area (Å²) < 4.78 is 10.3. The van der Waals surface area contributed by atoms with Gasteiger partial charge in [-0.3, -0.25) is 9.59 Å². The van der Waals surface area contributed by atoms with Crippen molar-refractivity contribution in [2.75, 3.05) is 7.11 Å². The molecule has 0 heterocycles. The van der Waals surface area contributed by atoms with Gasteiger partial charge in [-0.25, -0.2) is 0 Å². The van der Waals surface area contributed by atoms with E-state index in [9.17, 15) is 9.59 Å². The lowest BCUT2D eigenvalue weighted by Gasteiger charge is -2.12. The summed E-state index contributed by atoms with van der Waals surface area (Å²) in [5.41, 5.74) is 2.43. The normalized spacial score (nSPS) is 11.6. The van der Waals surface area contributed by atoms with Gasteiger partial charge in [-0.2, -0.15) is 0 Å². The highest BCUT2D eigenvalue weighted by Crippen LogP contribution is 2.13. The van der Waals surface area contributed by atoms with Crippen molar-refractivity contribution in [1.82, 2.24) is 0 Å². The zero-order valence-electron chi connectivity index (χ0n) is 13.5. The van der Waals surface area contributed by atoms with Crippen molar-refractivity contribution < 1.29 is 19.1 Å². The minimum atomic E-state index is -0.802. The first-order chi connectivity index (χ1) is 11.0. The van der Waals surface area contributed by atoms with Crippen molar-refractivity contribution in [1.29, 1.82) is 0 Å². The molecule has 0 saturated heterocycles. The van der Waals surface area contributed by atoms with Gasteiger partial charge in [-0.05, 0) is 31.5 Å². The fourth-order valence-electron chi connectivity index (χ4n) is 2.15. The summed E-state index contributed by atoms with van der Waals surface area (Å²) in [4.78, 5) is 24.2. The van der Waals surface area contributed by atoms with E-state index in [-0.39, 0.29) is 12.2 Å². The van der Waals surface area contributed by atoms with Crippen LogP contribution in [-0.2, 0) is 16.0 Å². The minimum absolute atomic E-state index is 0.121. The molecule has 0 saturated carbocycles. The monoisotopic (exact) mass is 312 g/mol. The summed E-state index contributed by atoms with van der Waals surface area (Å²) in [6, 6.07) is 14.4. The highest BCUT2D eigenvalue weighted by Gasteiger charge is 2.19. The van der Waals surface area contributed by atoms with Crippen LogP contribution in [0.1, 0.15) is 28.4 Å². The third kappa shape index (κ3) is 4.68. The number of benzene rings is 2. The summed E-state index contributed by atoms with van der Waals surface area (Å²) in [5.74, 6) is 0.0984. The van der Waals surface area contributed by atoms with Crippen LogP contribution in [0.4, 0.5) is 0 Å². The zero-order chi connectivity index (χ0) is 16.8. The molecule has 120 valence electrons. The van der Waals surface area contributed by atoms with Gasteiger partial charge in [-0.15, -0.1) is 0 Å². The first-order valence-electron chi connectivity index (χ1n) is 7.43. The van der Waals surface area contributed by atoms with Gasteiger partial charge in [0.15, 0.2) is 6.10 Å². The Bertz CT molecular complexity index is 672. The van der Waals surface area contributed by atoms with Gasteiger partial charge < -0.3 is 9.47 Å². The lowest BCUT2D eigenvalue weighted by Crippen LogP contribution is -2.25. The Hall–Kier alpha value is -2.62. The number of rotatable bonds is 6. The van der Waals surface area contributed by atoms with Gasteiger partial charge in [-0.1, -0.05) is 42.0 Å². The fourth-order valence-corrected chi connectivity index (χ4v) is 2.15. The zero-order valence-corrected chi connectivity index (χ0v) is 13.5. The number of carbonyl (C=O) groups excluding carboxylic acids is 2. The first-order valence-corrected chi connectivity index (χ1v) is 7.43. The largest absolute Gasteiger partial charge is 0.497 e. The fraction of sp³-hybridized carbons (Fsp3) is 0.263. The molecule has 2 rings (SSSR count). The van der Waals surface area contributed by atoms with Gasteiger partial charge in [0, 0.05) is 5.56 Å². The van der Waals surface area contributed by atoms with E-state index < -0.39 is 12.1 Å². The molecule has 4 heteroatoms. The average Bonchev–Trinajstić information content (AvgIpc) is 2.55. The molecule has 2 aromatic carbocycles. The lowest BCUT2D eigenvalue weighted by molar-refractivity contribution is -0.145. The molecule has 0 spiro atoms. The highest BCUT2D eigenvalue weighted by molar-refractivity contribution is 6.00. The van der Waals surface area contributed by atoms with Gasteiger partial charge in [0.25, 0.3) is 0 Å². The van der Waals surface area contributed by atoms with Gasteiger partial charge in [0.2, 0.25) is 5.78 Å². The second-order valence-electron chi connectivity index (χ2n) is 5.39. The second-order valence-corrected chi connectivity index (χ2v) is 5.39. The molecule has 23 heavy (non-hydrogen) atoms. The Labute approximate surface area is 136 Å². The predicted molar refractivity (Wildman–Crippen MR) is 87.8 cm³/mol. The van der Waals surface area contributed by atoms with Crippen LogP contribution >= 0.6 is 0 Å². The van der Waals surface area contributed by atoms with Crippen molar-refractivity contribution in [3.63, 3.8) is 0 Å². The molecule has 0 aliphatic rings. The van der Waals surface area contributed by atoms with Crippen LogP contribution in [0.15, 0.2) is 48.5 Å². The number of methoxy groups -OCH3 is 1. The van der Waals surface area contributed by atoms with E-state index >= 15 is 0 Å². The number of carbonyl (C=O) groups is 2. The molecule has 2 aromatic rings. The number of hydrogen-bond acceptors (Lipinski definition) is 4. The van der Waals surface area contributed by atoms with Gasteiger partial charge >= 0.3 is 5.97 Å². The van der Waals surface area contributed by atoms with Crippen molar-refractivity contribution >= 4 is 11.8 Å². The molecule has 0 N–H and O–H groups in total. The van der Waals surface area contributed by atoms with E-state index in [2.05, 4.69) is 0 Å². The van der Waals surface area contributed by atoms with Crippen molar-refractivity contribution in [3.8, 4) is 5.75 Å². The Morgan fingerprint density at radius 2 is 1.61 bits per heavy atom. The maximum atomic E-state index is 12.2. The Morgan fingerprint density at radius 1 is 1.00 bits per heavy atom. The first kappa shape index (κ1) is 16.7. The average molecular weight is 312 g/mol. The third-order valence-electron chi connectivity index (χ3n) is 3.52. The quantitative estimate of drug-likeness (QED) is 0.606. The Morgan fingerprint density at radius 3 is 2.17 bits per heavy atom. The molecule has 0 bridgehead atoms. The van der Waals surface area contributed by atoms with Crippen LogP contribution in [0.5, 0.6) is 5.75 Å². The molecule has 0 radical (unpaired) electrons. The standard InChI is InChI=1S/C19H20O4/c1-13-4-8-16(9-5-13)19(21)14(2)23-18(20)12-15-6-10-17(22-3)11-7-15/h4-11,14H,12H2,1-3H3/t14-/m1/s1. The molecule has 0 amide bonds. The summed E-state index contributed by atoms with van der Waals surface area (Å²) >= 11 is 0. The Balaban J connectivity index is 1.93. The number of hydrogen-bond donors (Lipinski definition) is 0. The maximum Gasteiger partial charge on any atom is 0.310 e. The van der Waals surface area contributed by atoms with Crippen LogP contribution in [0.25, 0.3) is 0 Å². The van der Waals surface area contributed by atoms with Gasteiger partial charge in [0.05, 0.1) is 13.5 Å². The van der Waals surface area contributed by atoms with E-state index in [0.717, 1.165) is 16.9 Å². The Kier molecular flexibility index (Phi) is 5.52. The van der Waals surface area contributed by atoms with E-state index in [1.165, 1.54) is 0 Å². The SMILES string of the molecule is COc1ccc(CC(=O)O[C@H](C)C(=O)c2ccc(C)cc2)cc1. The van der Waals surface area contributed by atoms with Crippen LogP contribution in [0.3, 0.4) is 0 Å². The number of aryl methyl sites for hydroxylation is 1. The number of ketones is 1. The molecule has 4 nitrogen and oxygen atoms in total. The topological polar surface area (TPSA) is 52.6 Å². The van der Waals surface area contributed by atoms with Crippen LogP contribution in [-0.4, -0.2) is 25.0 Å². The summed E-state index contributed by atoms with van der Waals surface area (Å²) in [7, 11) is 1.58. The van der Waals surface area contributed by atoms with E-state index in [1.807, 2.05) is 19.1 Å². The molecule has 0 aliphatic heterocycles. The molecule has 1 atom stereocenters. The van der Waals surface area contributed by atoms with E-state index in [1.54, 1.807) is 50.4 Å². The highest BCUT2D eigenvalue weighted by atomic mass is 16.5. The lowest BCUT2D eigenvalue weighted by atomic mass is 10.1. The summed E-state index contributed by atoms with van der Waals surface area (Å²) in [6.45, 7) is 3.54.